The molecule has 0 aliphatic rings. The molecule has 98 valence electrons. The largest absolute Gasteiger partial charge is 0.386 e. The normalized spacial score (nSPS) is 12.9. The van der Waals surface area contributed by atoms with Crippen molar-refractivity contribution in [3.63, 3.8) is 0 Å². The van der Waals surface area contributed by atoms with E-state index in [2.05, 4.69) is 17.1 Å². The minimum Gasteiger partial charge on any atom is -0.386 e. The van der Waals surface area contributed by atoms with Crippen LogP contribution in [0.15, 0.2) is 18.3 Å². The number of aliphatic hydroxyl groups excluding tert-OH is 1. The number of aromatic nitrogens is 4. The number of rotatable bonds is 5. The molecule has 0 saturated heterocycles. The summed E-state index contributed by atoms with van der Waals surface area (Å²) in [5.41, 5.74) is 2.91. The van der Waals surface area contributed by atoms with Gasteiger partial charge in [-0.15, -0.1) is 0 Å². The Hall–Kier alpha value is -1.62. The van der Waals surface area contributed by atoms with E-state index in [-0.39, 0.29) is 0 Å². The van der Waals surface area contributed by atoms with Gasteiger partial charge in [0.25, 0.3) is 0 Å². The summed E-state index contributed by atoms with van der Waals surface area (Å²) in [5, 5.41) is 18.9. The van der Waals surface area contributed by atoms with Gasteiger partial charge in [0.15, 0.2) is 0 Å². The van der Waals surface area contributed by atoms with Gasteiger partial charge in [-0.2, -0.15) is 10.2 Å². The van der Waals surface area contributed by atoms with E-state index in [4.69, 9.17) is 0 Å². The lowest BCUT2D eigenvalue weighted by Crippen LogP contribution is -2.12. The maximum Gasteiger partial charge on any atom is 0.101 e. The third-order valence-electron chi connectivity index (χ3n) is 3.08. The van der Waals surface area contributed by atoms with Gasteiger partial charge >= 0.3 is 0 Å². The van der Waals surface area contributed by atoms with E-state index in [1.54, 1.807) is 6.20 Å². The van der Waals surface area contributed by atoms with Gasteiger partial charge in [0.05, 0.1) is 11.4 Å². The average molecular weight is 248 g/mol. The van der Waals surface area contributed by atoms with E-state index in [1.807, 2.05) is 35.3 Å². The molecule has 0 aliphatic carbocycles. The predicted molar refractivity (Wildman–Crippen MR) is 69.2 cm³/mol. The third-order valence-corrected chi connectivity index (χ3v) is 3.08. The zero-order valence-corrected chi connectivity index (χ0v) is 11.2. The van der Waals surface area contributed by atoms with Crippen molar-refractivity contribution >= 4 is 0 Å². The quantitative estimate of drug-likeness (QED) is 0.876. The third kappa shape index (κ3) is 2.46. The molecule has 5 heteroatoms. The summed E-state index contributed by atoms with van der Waals surface area (Å²) in [6.07, 6.45) is 1.76. The van der Waals surface area contributed by atoms with Gasteiger partial charge in [-0.25, -0.2) is 0 Å². The van der Waals surface area contributed by atoms with E-state index in [0.29, 0.717) is 6.42 Å². The molecule has 2 heterocycles. The Labute approximate surface area is 107 Å². The standard InChI is InChI=1S/C13H20N4O/c1-4-16-11(8-10(3)15-16)9-13(18)12-6-7-14-17(12)5-2/h6-8,13,18H,4-5,9H2,1-3H3. The second kappa shape index (κ2) is 5.35. The van der Waals surface area contributed by atoms with Crippen LogP contribution in [-0.4, -0.2) is 24.7 Å². The lowest BCUT2D eigenvalue weighted by Gasteiger charge is -2.13. The van der Waals surface area contributed by atoms with Crippen LogP contribution >= 0.6 is 0 Å². The first kappa shape index (κ1) is 12.8. The summed E-state index contributed by atoms with van der Waals surface area (Å²) in [5.74, 6) is 0. The van der Waals surface area contributed by atoms with Crippen LogP contribution in [0.3, 0.4) is 0 Å². The fourth-order valence-corrected chi connectivity index (χ4v) is 2.23. The molecule has 0 radical (unpaired) electrons. The van der Waals surface area contributed by atoms with Crippen molar-refractivity contribution in [2.75, 3.05) is 0 Å². The molecule has 2 aromatic heterocycles. The first-order chi connectivity index (χ1) is 8.65. The van der Waals surface area contributed by atoms with E-state index in [1.165, 1.54) is 0 Å². The number of nitrogens with zero attached hydrogens (tertiary/aromatic N) is 4. The van der Waals surface area contributed by atoms with Gasteiger partial charge in [-0.3, -0.25) is 9.36 Å². The van der Waals surface area contributed by atoms with Crippen LogP contribution in [0.2, 0.25) is 0 Å². The lowest BCUT2D eigenvalue weighted by molar-refractivity contribution is 0.164. The molecule has 0 spiro atoms. The van der Waals surface area contributed by atoms with Crippen LogP contribution in [-0.2, 0) is 19.5 Å². The molecular formula is C13H20N4O. The molecule has 1 unspecified atom stereocenters. The molecule has 0 saturated carbocycles. The monoisotopic (exact) mass is 248 g/mol. The highest BCUT2D eigenvalue weighted by atomic mass is 16.3. The van der Waals surface area contributed by atoms with Crippen molar-refractivity contribution in [1.29, 1.82) is 0 Å². The summed E-state index contributed by atoms with van der Waals surface area (Å²) in [6, 6.07) is 3.90. The molecule has 1 N–H and O–H groups in total. The van der Waals surface area contributed by atoms with Crippen LogP contribution < -0.4 is 0 Å². The van der Waals surface area contributed by atoms with Crippen LogP contribution in [0.4, 0.5) is 0 Å². The SMILES string of the molecule is CCn1nc(C)cc1CC(O)c1ccnn1CC. The Morgan fingerprint density at radius 1 is 1.28 bits per heavy atom. The lowest BCUT2D eigenvalue weighted by atomic mass is 10.1. The van der Waals surface area contributed by atoms with E-state index < -0.39 is 6.10 Å². The summed E-state index contributed by atoms with van der Waals surface area (Å²) >= 11 is 0. The first-order valence-corrected chi connectivity index (χ1v) is 6.38. The predicted octanol–water partition coefficient (Wildman–Crippen LogP) is 1.70. The molecule has 2 aromatic rings. The van der Waals surface area contributed by atoms with Crippen LogP contribution in [0.1, 0.15) is 37.0 Å². The molecule has 0 fully saturated rings. The molecule has 0 aliphatic heterocycles. The molecule has 2 rings (SSSR count). The van der Waals surface area contributed by atoms with Crippen LogP contribution in [0.25, 0.3) is 0 Å². The minimum absolute atomic E-state index is 0.533. The van der Waals surface area contributed by atoms with Crippen LogP contribution in [0, 0.1) is 6.92 Å². The zero-order valence-electron chi connectivity index (χ0n) is 11.2. The molecule has 0 amide bonds. The van der Waals surface area contributed by atoms with Crippen molar-refractivity contribution in [2.24, 2.45) is 0 Å². The highest BCUT2D eigenvalue weighted by Crippen LogP contribution is 2.18. The van der Waals surface area contributed by atoms with E-state index >= 15 is 0 Å². The van der Waals surface area contributed by atoms with Gasteiger partial charge in [-0.05, 0) is 32.9 Å². The average Bonchev–Trinajstić information content (AvgIpc) is 2.95. The second-order valence-corrected chi connectivity index (χ2v) is 4.38. The fourth-order valence-electron chi connectivity index (χ4n) is 2.23. The topological polar surface area (TPSA) is 55.9 Å². The molecule has 0 bridgehead atoms. The Bertz CT molecular complexity index is 515. The molecule has 1 atom stereocenters. The van der Waals surface area contributed by atoms with Crippen molar-refractivity contribution < 1.29 is 5.11 Å². The number of aryl methyl sites for hydroxylation is 3. The van der Waals surface area contributed by atoms with Gasteiger partial charge < -0.3 is 5.11 Å². The fraction of sp³-hybridized carbons (Fsp3) is 0.538. The summed E-state index contributed by atoms with van der Waals surface area (Å²) in [6.45, 7) is 7.63. The number of hydrogen-bond donors (Lipinski definition) is 1. The second-order valence-electron chi connectivity index (χ2n) is 4.38. The van der Waals surface area contributed by atoms with E-state index in [9.17, 15) is 5.11 Å². The maximum absolute atomic E-state index is 10.3. The highest BCUT2D eigenvalue weighted by molar-refractivity contribution is 5.14. The molecule has 5 nitrogen and oxygen atoms in total. The zero-order chi connectivity index (χ0) is 13.1. The molecule has 18 heavy (non-hydrogen) atoms. The van der Waals surface area contributed by atoms with Crippen molar-refractivity contribution in [2.45, 2.75) is 46.4 Å². The summed E-state index contributed by atoms with van der Waals surface area (Å²) in [7, 11) is 0. The molecular weight excluding hydrogens is 228 g/mol. The maximum atomic E-state index is 10.3. The Kier molecular flexibility index (Phi) is 3.81. The Morgan fingerprint density at radius 3 is 2.67 bits per heavy atom. The number of hydrogen-bond acceptors (Lipinski definition) is 3. The highest BCUT2D eigenvalue weighted by Gasteiger charge is 2.16. The summed E-state index contributed by atoms with van der Waals surface area (Å²) < 4.78 is 3.76. The van der Waals surface area contributed by atoms with Crippen molar-refractivity contribution in [1.82, 2.24) is 19.6 Å². The van der Waals surface area contributed by atoms with Gasteiger partial charge in [0.1, 0.15) is 6.10 Å². The Balaban J connectivity index is 2.18. The minimum atomic E-state index is -0.533. The van der Waals surface area contributed by atoms with Crippen molar-refractivity contribution in [3.8, 4) is 0 Å². The van der Waals surface area contributed by atoms with E-state index in [0.717, 1.165) is 30.2 Å². The van der Waals surface area contributed by atoms with Gasteiger partial charge in [0, 0.05) is 31.4 Å². The van der Waals surface area contributed by atoms with Gasteiger partial charge in [0.2, 0.25) is 0 Å². The Morgan fingerprint density at radius 2 is 2.00 bits per heavy atom. The first-order valence-electron chi connectivity index (χ1n) is 6.38. The van der Waals surface area contributed by atoms with Crippen LogP contribution in [0.5, 0.6) is 0 Å². The smallest absolute Gasteiger partial charge is 0.101 e. The number of aliphatic hydroxyl groups is 1. The molecule has 0 aromatic carbocycles. The van der Waals surface area contributed by atoms with Crippen molar-refractivity contribution in [3.05, 3.63) is 35.4 Å². The van der Waals surface area contributed by atoms with Gasteiger partial charge in [-0.1, -0.05) is 0 Å². The summed E-state index contributed by atoms with van der Waals surface area (Å²) in [4.78, 5) is 0.